The maximum atomic E-state index is 12.9. The number of rotatable bonds is 6. The number of amides is 1. The second-order valence-corrected chi connectivity index (χ2v) is 4.57. The number of nitrogens with zero attached hydrogens (tertiary/aromatic N) is 1. The Kier molecular flexibility index (Phi) is 5.50. The smallest absolute Gasteiger partial charge is 0.425 e. The van der Waals surface area contributed by atoms with Crippen molar-refractivity contribution in [2.75, 3.05) is 12.5 Å². The molecule has 0 aliphatic carbocycles. The number of carbonyl (C=O) groups excluding carboxylic acids is 1. The van der Waals surface area contributed by atoms with E-state index < -0.39 is 11.0 Å². The molecule has 9 heteroatoms. The number of halogens is 1. The highest BCUT2D eigenvalue weighted by atomic mass is 19.1. The molecule has 8 nitrogen and oxygen atoms in total. The first kappa shape index (κ1) is 17.0. The summed E-state index contributed by atoms with van der Waals surface area (Å²) in [7, 11) is 1.16. The highest BCUT2D eigenvalue weighted by molar-refractivity contribution is 5.73. The number of nitrogens with one attached hydrogen (secondary N) is 2. The number of benzene rings is 2. The van der Waals surface area contributed by atoms with Crippen LogP contribution in [0.1, 0.15) is 5.56 Å². The number of nitro benzene ring substituents is 1. The quantitative estimate of drug-likeness (QED) is 0.621. The van der Waals surface area contributed by atoms with Gasteiger partial charge in [0.25, 0.3) is 0 Å². The maximum Gasteiger partial charge on any atom is 0.425 e. The first-order valence-electron chi connectivity index (χ1n) is 6.76. The molecular formula is C15H14FN3O5. The van der Waals surface area contributed by atoms with Crippen LogP contribution < -0.4 is 15.6 Å². The van der Waals surface area contributed by atoms with Gasteiger partial charge in [-0.25, -0.2) is 14.6 Å². The van der Waals surface area contributed by atoms with Gasteiger partial charge in [0, 0.05) is 0 Å². The van der Waals surface area contributed by atoms with Gasteiger partial charge in [-0.3, -0.25) is 15.5 Å². The number of nitro groups is 1. The Bertz CT molecular complexity index is 736. The van der Waals surface area contributed by atoms with Crippen molar-refractivity contribution >= 4 is 17.5 Å². The summed E-state index contributed by atoms with van der Waals surface area (Å²) in [6.07, 6.45) is -0.804. The largest absolute Gasteiger partial charge is 0.482 e. The summed E-state index contributed by atoms with van der Waals surface area (Å²) in [6, 6.07) is 9.92. The number of methoxy groups -OCH3 is 1. The van der Waals surface area contributed by atoms with Gasteiger partial charge >= 0.3 is 11.8 Å². The number of anilines is 1. The number of hydrogen-bond acceptors (Lipinski definition) is 6. The van der Waals surface area contributed by atoms with Crippen LogP contribution in [0.2, 0.25) is 0 Å². The first-order valence-corrected chi connectivity index (χ1v) is 6.76. The lowest BCUT2D eigenvalue weighted by molar-refractivity contribution is -0.385. The van der Waals surface area contributed by atoms with Gasteiger partial charge in [-0.05, 0) is 29.8 Å². The minimum absolute atomic E-state index is 0.000917. The molecule has 0 aliphatic heterocycles. The lowest BCUT2D eigenvalue weighted by Crippen LogP contribution is -2.29. The minimum Gasteiger partial charge on any atom is -0.482 e. The van der Waals surface area contributed by atoms with Gasteiger partial charge in [0.15, 0.2) is 5.75 Å². The molecule has 0 radical (unpaired) electrons. The van der Waals surface area contributed by atoms with E-state index in [0.29, 0.717) is 5.56 Å². The molecule has 0 saturated heterocycles. The van der Waals surface area contributed by atoms with E-state index in [2.05, 4.69) is 15.6 Å². The van der Waals surface area contributed by atoms with Crippen molar-refractivity contribution in [2.24, 2.45) is 0 Å². The monoisotopic (exact) mass is 335 g/mol. The Balaban J connectivity index is 2.17. The van der Waals surface area contributed by atoms with Gasteiger partial charge in [0.05, 0.1) is 12.0 Å². The van der Waals surface area contributed by atoms with Gasteiger partial charge in [0.2, 0.25) is 0 Å². The second kappa shape index (κ2) is 7.77. The van der Waals surface area contributed by atoms with Crippen molar-refractivity contribution in [1.29, 1.82) is 0 Å². The van der Waals surface area contributed by atoms with Crippen molar-refractivity contribution in [2.45, 2.75) is 6.61 Å². The second-order valence-electron chi connectivity index (χ2n) is 4.57. The number of para-hydroxylation sites is 1. The van der Waals surface area contributed by atoms with Crippen LogP contribution in [0, 0.1) is 15.9 Å². The first-order chi connectivity index (χ1) is 11.5. The van der Waals surface area contributed by atoms with Gasteiger partial charge < -0.3 is 9.47 Å². The fourth-order valence-corrected chi connectivity index (χ4v) is 1.84. The fraction of sp³-hybridized carbons (Fsp3) is 0.133. The fourth-order valence-electron chi connectivity index (χ4n) is 1.84. The molecule has 2 N–H and O–H groups in total. The molecule has 0 atom stereocenters. The van der Waals surface area contributed by atoms with Crippen molar-refractivity contribution in [3.8, 4) is 5.75 Å². The number of hydrogen-bond donors (Lipinski definition) is 2. The maximum absolute atomic E-state index is 12.9. The number of ether oxygens (including phenoxy) is 2. The molecule has 2 aromatic carbocycles. The van der Waals surface area contributed by atoms with Crippen LogP contribution in [-0.4, -0.2) is 18.1 Å². The van der Waals surface area contributed by atoms with Gasteiger partial charge in [-0.1, -0.05) is 18.2 Å². The summed E-state index contributed by atoms with van der Waals surface area (Å²) in [6.45, 7) is 0.0228. The molecule has 1 amide bonds. The molecule has 0 saturated carbocycles. The number of hydrazine groups is 1. The average molecular weight is 335 g/mol. The Labute approximate surface area is 136 Å². The van der Waals surface area contributed by atoms with Crippen LogP contribution in [0.15, 0.2) is 42.5 Å². The van der Waals surface area contributed by atoms with Crippen molar-refractivity contribution in [1.82, 2.24) is 5.43 Å². The van der Waals surface area contributed by atoms with Gasteiger partial charge in [0.1, 0.15) is 18.1 Å². The van der Waals surface area contributed by atoms with Crippen LogP contribution in [0.3, 0.4) is 0 Å². The topological polar surface area (TPSA) is 103 Å². The SMILES string of the molecule is COC(=O)NNc1cccc(OCc2ccc(F)cc2)c1[N+](=O)[O-]. The predicted octanol–water partition coefficient (Wildman–Crippen LogP) is 3.00. The van der Waals surface area contributed by atoms with Crippen LogP contribution in [0.4, 0.5) is 20.6 Å². The predicted molar refractivity (Wildman–Crippen MR) is 83.0 cm³/mol. The Morgan fingerprint density at radius 3 is 2.58 bits per heavy atom. The van der Waals surface area contributed by atoms with Crippen LogP contribution >= 0.6 is 0 Å². The zero-order valence-corrected chi connectivity index (χ0v) is 12.6. The average Bonchev–Trinajstić information content (AvgIpc) is 2.58. The highest BCUT2D eigenvalue weighted by Crippen LogP contribution is 2.34. The van der Waals surface area contributed by atoms with E-state index in [9.17, 15) is 19.3 Å². The molecule has 2 rings (SSSR count). The summed E-state index contributed by atoms with van der Waals surface area (Å²) in [5, 5.41) is 11.3. The summed E-state index contributed by atoms with van der Waals surface area (Å²) >= 11 is 0. The normalized spacial score (nSPS) is 9.92. The zero-order valence-electron chi connectivity index (χ0n) is 12.6. The van der Waals surface area contributed by atoms with E-state index in [0.717, 1.165) is 7.11 Å². The summed E-state index contributed by atoms with van der Waals surface area (Å²) in [5.74, 6) is -0.384. The van der Waals surface area contributed by atoms with Crippen molar-refractivity contribution < 1.29 is 23.6 Å². The van der Waals surface area contributed by atoms with Gasteiger partial charge in [-0.2, -0.15) is 0 Å². The molecular weight excluding hydrogens is 321 g/mol. The third-order valence-electron chi connectivity index (χ3n) is 2.97. The van der Waals surface area contributed by atoms with E-state index in [-0.39, 0.29) is 29.5 Å². The highest BCUT2D eigenvalue weighted by Gasteiger charge is 2.21. The van der Waals surface area contributed by atoms with Crippen molar-refractivity contribution in [3.63, 3.8) is 0 Å². The summed E-state index contributed by atoms with van der Waals surface area (Å²) in [4.78, 5) is 21.7. The van der Waals surface area contributed by atoms with E-state index in [1.165, 1.54) is 42.5 Å². The van der Waals surface area contributed by atoms with E-state index in [1.807, 2.05) is 0 Å². The molecule has 24 heavy (non-hydrogen) atoms. The summed E-state index contributed by atoms with van der Waals surface area (Å²) in [5.41, 5.74) is 4.86. The van der Waals surface area contributed by atoms with Gasteiger partial charge in [-0.15, -0.1) is 0 Å². The van der Waals surface area contributed by atoms with E-state index in [4.69, 9.17) is 4.74 Å². The molecule has 0 bridgehead atoms. The molecule has 0 spiro atoms. The molecule has 0 heterocycles. The Morgan fingerprint density at radius 1 is 1.25 bits per heavy atom. The number of carbonyl (C=O) groups is 1. The molecule has 0 fully saturated rings. The Hall–Kier alpha value is -3.36. The van der Waals surface area contributed by atoms with Crippen LogP contribution in [0.25, 0.3) is 0 Å². The van der Waals surface area contributed by atoms with Crippen LogP contribution in [-0.2, 0) is 11.3 Å². The molecule has 0 unspecified atom stereocenters. The zero-order chi connectivity index (χ0) is 17.5. The van der Waals surface area contributed by atoms with Crippen LogP contribution in [0.5, 0.6) is 5.75 Å². The Morgan fingerprint density at radius 2 is 1.96 bits per heavy atom. The lowest BCUT2D eigenvalue weighted by Gasteiger charge is -2.11. The van der Waals surface area contributed by atoms with E-state index >= 15 is 0 Å². The van der Waals surface area contributed by atoms with E-state index in [1.54, 1.807) is 0 Å². The lowest BCUT2D eigenvalue weighted by atomic mass is 10.2. The molecule has 0 aliphatic rings. The molecule has 0 aromatic heterocycles. The molecule has 2 aromatic rings. The third-order valence-corrected chi connectivity index (χ3v) is 2.97. The molecule has 126 valence electrons. The van der Waals surface area contributed by atoms with Crippen molar-refractivity contribution in [3.05, 3.63) is 64.0 Å². The summed E-state index contributed by atoms with van der Waals surface area (Å²) < 4.78 is 22.7. The minimum atomic E-state index is -0.804. The standard InChI is InChI=1S/C15H14FN3O5/c1-23-15(20)18-17-12-3-2-4-13(14(12)19(21)22)24-9-10-5-7-11(16)8-6-10/h2-8,17H,9H2,1H3,(H,18,20). The third kappa shape index (κ3) is 4.32.